The Morgan fingerprint density at radius 2 is 1.84 bits per heavy atom. The van der Waals surface area contributed by atoms with E-state index in [1.165, 1.54) is 41.1 Å². The third-order valence-electron chi connectivity index (χ3n) is 5.49. The van der Waals surface area contributed by atoms with E-state index in [0.29, 0.717) is 5.75 Å². The van der Waals surface area contributed by atoms with Crippen LogP contribution >= 0.6 is 0 Å². The molecule has 3 aromatic rings. The number of benzene rings is 2. The number of hydrogen-bond acceptors (Lipinski definition) is 5. The van der Waals surface area contributed by atoms with Crippen molar-refractivity contribution in [3.8, 4) is 11.8 Å². The molecule has 37 heavy (non-hydrogen) atoms. The van der Waals surface area contributed by atoms with Gasteiger partial charge in [-0.1, -0.05) is 26.0 Å². The number of halogens is 4. The molecular formula is C25H23F4N5O3. The first kappa shape index (κ1) is 27.2. The second-order valence-electron chi connectivity index (χ2n) is 7.54. The number of carbonyl (C=O) groups is 2. The molecule has 1 aliphatic rings. The molecule has 1 aromatic heterocycles. The molecule has 1 aliphatic heterocycles. The van der Waals surface area contributed by atoms with Crippen molar-refractivity contribution in [3.05, 3.63) is 71.0 Å². The van der Waals surface area contributed by atoms with Gasteiger partial charge in [0.25, 0.3) is 11.8 Å². The van der Waals surface area contributed by atoms with Crippen molar-refractivity contribution in [2.75, 3.05) is 23.9 Å². The van der Waals surface area contributed by atoms with Gasteiger partial charge in [-0.3, -0.25) is 14.3 Å². The number of nitrogens with zero attached hydrogens (tertiary/aromatic N) is 4. The van der Waals surface area contributed by atoms with Crippen molar-refractivity contribution in [2.45, 2.75) is 32.7 Å². The fourth-order valence-corrected chi connectivity index (χ4v) is 3.66. The number of methoxy groups -OCH3 is 1. The number of ether oxygens (including phenoxy) is 1. The summed E-state index contributed by atoms with van der Waals surface area (Å²) in [6.45, 7) is 4.39. The number of carbonyl (C=O) groups excluding carboxylic acids is 2. The topological polar surface area (TPSA) is 100 Å². The monoisotopic (exact) mass is 517 g/mol. The van der Waals surface area contributed by atoms with Gasteiger partial charge in [-0.15, -0.1) is 0 Å². The van der Waals surface area contributed by atoms with Crippen molar-refractivity contribution >= 4 is 23.2 Å². The smallest absolute Gasteiger partial charge is 0.332 e. The van der Waals surface area contributed by atoms with E-state index in [2.05, 4.69) is 10.4 Å². The lowest BCUT2D eigenvalue weighted by molar-refractivity contribution is -0.135. The Kier molecular flexibility index (Phi) is 8.17. The van der Waals surface area contributed by atoms with Crippen LogP contribution in [0.5, 0.6) is 5.75 Å². The lowest BCUT2D eigenvalue weighted by atomic mass is 10.1. The molecule has 2 heterocycles. The zero-order chi connectivity index (χ0) is 27.3. The number of aromatic nitrogens is 2. The number of nitrogens with one attached hydrogen (secondary N) is 1. The lowest BCUT2D eigenvalue weighted by Crippen LogP contribution is -2.41. The number of fused-ring (bicyclic) bond motifs is 1. The number of rotatable bonds is 6. The van der Waals surface area contributed by atoms with Gasteiger partial charge in [0, 0.05) is 23.4 Å². The molecule has 0 radical (unpaired) electrons. The Hall–Kier alpha value is -4.40. The van der Waals surface area contributed by atoms with Crippen LogP contribution in [0.3, 0.4) is 0 Å². The minimum absolute atomic E-state index is 0.0561. The van der Waals surface area contributed by atoms with Gasteiger partial charge in [-0.05, 0) is 30.3 Å². The van der Waals surface area contributed by atoms with Crippen molar-refractivity contribution in [1.29, 1.82) is 5.26 Å². The molecule has 0 saturated heterocycles. The van der Waals surface area contributed by atoms with Crippen LogP contribution in [0.1, 0.15) is 45.8 Å². The summed E-state index contributed by atoms with van der Waals surface area (Å²) in [5.41, 5.74) is -0.170. The van der Waals surface area contributed by atoms with Crippen LogP contribution in [-0.2, 0) is 12.5 Å². The highest BCUT2D eigenvalue weighted by atomic mass is 19.3. The highest BCUT2D eigenvalue weighted by Crippen LogP contribution is 2.36. The Morgan fingerprint density at radius 3 is 2.43 bits per heavy atom. The van der Waals surface area contributed by atoms with Gasteiger partial charge >= 0.3 is 12.3 Å². The normalized spacial score (nSPS) is 12.8. The maximum Gasteiger partial charge on any atom is 0.332 e. The van der Waals surface area contributed by atoms with Gasteiger partial charge in [0.2, 0.25) is 0 Å². The molecule has 2 aromatic carbocycles. The summed E-state index contributed by atoms with van der Waals surface area (Å²) in [5.74, 6) is -5.17. The molecule has 4 rings (SSSR count). The first-order valence-electron chi connectivity index (χ1n) is 11.2. The molecule has 8 nitrogen and oxygen atoms in total. The zero-order valence-electron chi connectivity index (χ0n) is 20.1. The highest BCUT2D eigenvalue weighted by Gasteiger charge is 2.42. The summed E-state index contributed by atoms with van der Waals surface area (Å²) in [7, 11) is 1.39. The van der Waals surface area contributed by atoms with Crippen molar-refractivity contribution < 1.29 is 31.9 Å². The lowest BCUT2D eigenvalue weighted by Gasteiger charge is -2.28. The summed E-state index contributed by atoms with van der Waals surface area (Å²) in [4.78, 5) is 27.2. The summed E-state index contributed by atoms with van der Waals surface area (Å²) >= 11 is 0. The first-order valence-corrected chi connectivity index (χ1v) is 11.2. The SMILES string of the molecule is CC.COc1ccc(C(=O)Nc2cnn3c2C(=O)N(c2ccc(C(F)(F)C(F)F)cc2)CC3)cc1C#N. The minimum Gasteiger partial charge on any atom is -0.495 e. The Bertz CT molecular complexity index is 1330. The molecule has 1 N–H and O–H groups in total. The highest BCUT2D eigenvalue weighted by molar-refractivity contribution is 6.13. The molecule has 0 unspecified atom stereocenters. The Morgan fingerprint density at radius 1 is 1.16 bits per heavy atom. The predicted octanol–water partition coefficient (Wildman–Crippen LogP) is 5.06. The largest absolute Gasteiger partial charge is 0.495 e. The van der Waals surface area contributed by atoms with E-state index in [9.17, 15) is 32.4 Å². The van der Waals surface area contributed by atoms with Crippen molar-refractivity contribution in [3.63, 3.8) is 0 Å². The van der Waals surface area contributed by atoms with Crippen molar-refractivity contribution in [2.24, 2.45) is 0 Å². The third-order valence-corrected chi connectivity index (χ3v) is 5.49. The molecule has 0 bridgehead atoms. The van der Waals surface area contributed by atoms with Gasteiger partial charge < -0.3 is 15.0 Å². The maximum atomic E-state index is 13.6. The molecule has 194 valence electrons. The first-order chi connectivity index (χ1) is 17.7. The van der Waals surface area contributed by atoms with Crippen LogP contribution in [0, 0.1) is 11.3 Å². The molecule has 12 heteroatoms. The van der Waals surface area contributed by atoms with Crippen LogP contribution in [0.2, 0.25) is 0 Å². The number of alkyl halides is 4. The molecule has 2 amide bonds. The van der Waals surface area contributed by atoms with Crippen molar-refractivity contribution in [1.82, 2.24) is 9.78 Å². The van der Waals surface area contributed by atoms with Gasteiger partial charge in [-0.25, -0.2) is 8.78 Å². The van der Waals surface area contributed by atoms with Crippen LogP contribution in [0.25, 0.3) is 0 Å². The number of hydrogen-bond donors (Lipinski definition) is 1. The van der Waals surface area contributed by atoms with Gasteiger partial charge in [0.1, 0.15) is 17.5 Å². The summed E-state index contributed by atoms with van der Waals surface area (Å²) in [5, 5.41) is 15.9. The minimum atomic E-state index is -4.31. The van der Waals surface area contributed by atoms with Crippen LogP contribution in [0.15, 0.2) is 48.7 Å². The molecule has 0 saturated carbocycles. The van der Waals surface area contributed by atoms with E-state index >= 15 is 0 Å². The van der Waals surface area contributed by atoms with Gasteiger partial charge in [0.15, 0.2) is 0 Å². The third kappa shape index (κ3) is 5.25. The summed E-state index contributed by atoms with van der Waals surface area (Å²) in [6.07, 6.45) is -2.56. The predicted molar refractivity (Wildman–Crippen MR) is 127 cm³/mol. The number of amides is 2. The van der Waals surface area contributed by atoms with Crippen LogP contribution in [0.4, 0.5) is 28.9 Å². The maximum absolute atomic E-state index is 13.6. The Balaban J connectivity index is 0.00000186. The molecule has 0 spiro atoms. The van der Waals surface area contributed by atoms with Gasteiger partial charge in [0.05, 0.1) is 31.1 Å². The molecular weight excluding hydrogens is 494 g/mol. The second-order valence-corrected chi connectivity index (χ2v) is 7.54. The van der Waals surface area contributed by atoms with E-state index in [4.69, 9.17) is 4.74 Å². The average molecular weight is 517 g/mol. The Labute approximate surface area is 210 Å². The quantitative estimate of drug-likeness (QED) is 0.461. The van der Waals surface area contributed by atoms with Crippen LogP contribution in [-0.4, -0.2) is 41.7 Å². The fourth-order valence-electron chi connectivity index (χ4n) is 3.66. The summed E-state index contributed by atoms with van der Waals surface area (Å²) in [6, 6.07) is 10.2. The summed E-state index contributed by atoms with van der Waals surface area (Å²) < 4.78 is 58.8. The number of nitriles is 1. The fraction of sp³-hybridized carbons (Fsp3) is 0.280. The standard InChI is InChI=1S/C23H17F4N5O3.C2H6/c1-35-18-7-2-13(10-14(18)11-28)20(33)30-17-12-29-32-9-8-31(21(34)19(17)32)16-5-3-15(4-6-16)23(26,27)22(24)25;1-2/h2-7,10,12,22H,8-9H2,1H3,(H,30,33);1-2H3. The van der Waals surface area contributed by atoms with Crippen LogP contribution < -0.4 is 15.0 Å². The second kappa shape index (κ2) is 11.1. The van der Waals surface area contributed by atoms with E-state index < -0.39 is 29.7 Å². The molecule has 0 fully saturated rings. The zero-order valence-corrected chi connectivity index (χ0v) is 20.1. The van der Waals surface area contributed by atoms with E-state index in [1.54, 1.807) is 0 Å². The molecule has 0 atom stereocenters. The number of anilines is 2. The van der Waals surface area contributed by atoms with E-state index in [0.717, 1.165) is 24.3 Å². The van der Waals surface area contributed by atoms with Gasteiger partial charge in [-0.2, -0.15) is 19.1 Å². The molecule has 0 aliphatic carbocycles. The average Bonchev–Trinajstić information content (AvgIpc) is 3.33. The van der Waals surface area contributed by atoms with E-state index in [-0.39, 0.29) is 41.3 Å². The van der Waals surface area contributed by atoms with E-state index in [1.807, 2.05) is 19.9 Å².